The molecular weight excluding hydrogens is 282 g/mol. The van der Waals surface area contributed by atoms with Gasteiger partial charge in [0, 0.05) is 12.7 Å². The summed E-state index contributed by atoms with van der Waals surface area (Å²) in [4.78, 5) is 26.2. The summed E-state index contributed by atoms with van der Waals surface area (Å²) < 4.78 is 5.10. The first-order chi connectivity index (χ1) is 10.7. The third-order valence-corrected chi connectivity index (χ3v) is 3.89. The lowest BCUT2D eigenvalue weighted by Crippen LogP contribution is -2.61. The van der Waals surface area contributed by atoms with Crippen LogP contribution in [0.3, 0.4) is 0 Å². The van der Waals surface area contributed by atoms with Gasteiger partial charge in [-0.2, -0.15) is 0 Å². The Morgan fingerprint density at radius 3 is 2.86 bits per heavy atom. The number of nitrogens with zero attached hydrogens (tertiary/aromatic N) is 1. The molecule has 3 rings (SSSR count). The lowest BCUT2D eigenvalue weighted by Gasteiger charge is -2.33. The van der Waals surface area contributed by atoms with Crippen molar-refractivity contribution in [1.82, 2.24) is 15.5 Å². The molecule has 6 nitrogen and oxygen atoms in total. The van der Waals surface area contributed by atoms with E-state index >= 15 is 0 Å². The molecule has 0 radical (unpaired) electrons. The fourth-order valence-electron chi connectivity index (χ4n) is 2.91. The molecule has 0 aliphatic carbocycles. The first-order valence-electron chi connectivity index (χ1n) is 7.40. The molecule has 6 heteroatoms. The van der Waals surface area contributed by atoms with Crippen molar-refractivity contribution in [2.75, 3.05) is 13.3 Å². The number of ether oxygens (including phenoxy) is 1. The summed E-state index contributed by atoms with van der Waals surface area (Å²) in [5.74, 6) is -0.439. The van der Waals surface area contributed by atoms with Crippen LogP contribution in [0.1, 0.15) is 12.5 Å². The van der Waals surface area contributed by atoms with Crippen LogP contribution in [0.5, 0.6) is 0 Å². The summed E-state index contributed by atoms with van der Waals surface area (Å²) in [6.45, 7) is 3.02. The van der Waals surface area contributed by atoms with Crippen LogP contribution in [0.2, 0.25) is 0 Å². The molecule has 1 aromatic rings. The Bertz CT molecular complexity index is 600. The van der Waals surface area contributed by atoms with Crippen molar-refractivity contribution in [3.8, 4) is 0 Å². The number of hydrogen-bond acceptors (Lipinski definition) is 5. The van der Waals surface area contributed by atoms with Crippen molar-refractivity contribution in [3.05, 3.63) is 47.7 Å². The minimum Gasteiger partial charge on any atom is -0.463 e. The first kappa shape index (κ1) is 14.6. The van der Waals surface area contributed by atoms with Crippen LogP contribution in [0.4, 0.5) is 0 Å². The SMILES string of the molecule is CCOC(=O)C1=CN(Cc2ccccc2)C2C(=O)NCNC12. The quantitative estimate of drug-likeness (QED) is 0.786. The van der Waals surface area contributed by atoms with Gasteiger partial charge in [-0.3, -0.25) is 10.1 Å². The fraction of sp³-hybridized carbons (Fsp3) is 0.375. The highest BCUT2D eigenvalue weighted by Crippen LogP contribution is 2.27. The zero-order valence-electron chi connectivity index (χ0n) is 12.4. The second-order valence-corrected chi connectivity index (χ2v) is 5.31. The number of amides is 1. The fourth-order valence-corrected chi connectivity index (χ4v) is 2.91. The standard InChI is InChI=1S/C16H19N3O3/c1-2-22-16(21)12-9-19(8-11-6-4-3-5-7-11)14-13(12)17-10-18-15(14)20/h3-7,9,13-14,17H,2,8,10H2,1H3,(H,18,20). The van der Waals surface area contributed by atoms with E-state index in [1.165, 1.54) is 0 Å². The van der Waals surface area contributed by atoms with Crippen LogP contribution in [0, 0.1) is 0 Å². The predicted molar refractivity (Wildman–Crippen MR) is 80.4 cm³/mol. The Kier molecular flexibility index (Phi) is 4.11. The summed E-state index contributed by atoms with van der Waals surface area (Å²) in [5.41, 5.74) is 1.60. The highest BCUT2D eigenvalue weighted by Gasteiger charge is 2.45. The van der Waals surface area contributed by atoms with Crippen LogP contribution in [-0.4, -0.2) is 42.1 Å². The van der Waals surface area contributed by atoms with Gasteiger partial charge in [0.25, 0.3) is 0 Å². The maximum Gasteiger partial charge on any atom is 0.337 e. The summed E-state index contributed by atoms with van der Waals surface area (Å²) in [5, 5.41) is 5.96. The summed E-state index contributed by atoms with van der Waals surface area (Å²) in [7, 11) is 0. The molecule has 116 valence electrons. The van der Waals surface area contributed by atoms with Gasteiger partial charge in [0.2, 0.25) is 5.91 Å². The average molecular weight is 301 g/mol. The first-order valence-corrected chi connectivity index (χ1v) is 7.40. The van der Waals surface area contributed by atoms with Gasteiger partial charge in [-0.25, -0.2) is 4.79 Å². The number of benzene rings is 1. The highest BCUT2D eigenvalue weighted by atomic mass is 16.5. The van der Waals surface area contributed by atoms with Gasteiger partial charge in [0.15, 0.2) is 0 Å². The largest absolute Gasteiger partial charge is 0.463 e. The van der Waals surface area contributed by atoms with Gasteiger partial charge in [-0.15, -0.1) is 0 Å². The average Bonchev–Trinajstić information content (AvgIpc) is 2.89. The summed E-state index contributed by atoms with van der Waals surface area (Å²) in [6.07, 6.45) is 1.75. The molecule has 0 aromatic heterocycles. The Hall–Kier alpha value is -2.34. The predicted octanol–water partition coefficient (Wildman–Crippen LogP) is 0.363. The van der Waals surface area contributed by atoms with Crippen molar-refractivity contribution in [2.24, 2.45) is 0 Å². The molecule has 2 aliphatic heterocycles. The van der Waals surface area contributed by atoms with Crippen LogP contribution in [-0.2, 0) is 20.9 Å². The van der Waals surface area contributed by atoms with Crippen molar-refractivity contribution in [1.29, 1.82) is 0 Å². The van der Waals surface area contributed by atoms with Gasteiger partial charge >= 0.3 is 5.97 Å². The zero-order valence-corrected chi connectivity index (χ0v) is 12.4. The Balaban J connectivity index is 1.86. The second-order valence-electron chi connectivity index (χ2n) is 5.31. The van der Waals surface area contributed by atoms with E-state index in [4.69, 9.17) is 4.74 Å². The maximum absolute atomic E-state index is 12.2. The third kappa shape index (κ3) is 2.69. The molecule has 0 saturated carbocycles. The van der Waals surface area contributed by atoms with E-state index < -0.39 is 6.04 Å². The molecule has 2 N–H and O–H groups in total. The molecule has 0 spiro atoms. The maximum atomic E-state index is 12.2. The topological polar surface area (TPSA) is 70.7 Å². The number of hydrogen-bond donors (Lipinski definition) is 2. The van der Waals surface area contributed by atoms with Gasteiger partial charge < -0.3 is 15.0 Å². The second kappa shape index (κ2) is 6.19. The van der Waals surface area contributed by atoms with Crippen LogP contribution < -0.4 is 10.6 Å². The number of rotatable bonds is 4. The van der Waals surface area contributed by atoms with Gasteiger partial charge in [-0.1, -0.05) is 30.3 Å². The molecule has 2 atom stereocenters. The third-order valence-electron chi connectivity index (χ3n) is 3.89. The van der Waals surface area contributed by atoms with Crippen molar-refractivity contribution >= 4 is 11.9 Å². The van der Waals surface area contributed by atoms with Crippen LogP contribution in [0.15, 0.2) is 42.1 Å². The zero-order chi connectivity index (χ0) is 15.5. The van der Waals surface area contributed by atoms with E-state index in [9.17, 15) is 9.59 Å². The normalized spacial score (nSPS) is 23.6. The number of fused-ring (bicyclic) bond motifs is 1. The van der Waals surface area contributed by atoms with E-state index in [-0.39, 0.29) is 17.9 Å². The van der Waals surface area contributed by atoms with Crippen molar-refractivity contribution < 1.29 is 14.3 Å². The van der Waals surface area contributed by atoms with E-state index in [0.717, 1.165) is 5.56 Å². The number of carbonyl (C=O) groups excluding carboxylic acids is 2. The van der Waals surface area contributed by atoms with Gasteiger partial charge in [0.1, 0.15) is 6.04 Å². The van der Waals surface area contributed by atoms with Crippen LogP contribution >= 0.6 is 0 Å². The van der Waals surface area contributed by atoms with E-state index in [2.05, 4.69) is 10.6 Å². The molecule has 1 fully saturated rings. The van der Waals surface area contributed by atoms with Crippen molar-refractivity contribution in [3.63, 3.8) is 0 Å². The lowest BCUT2D eigenvalue weighted by atomic mass is 10.0. The van der Waals surface area contributed by atoms with Crippen LogP contribution in [0.25, 0.3) is 0 Å². The minimum absolute atomic E-state index is 0.0739. The minimum atomic E-state index is -0.423. The molecule has 2 heterocycles. The van der Waals surface area contributed by atoms with E-state index in [0.29, 0.717) is 25.4 Å². The summed E-state index contributed by atoms with van der Waals surface area (Å²) >= 11 is 0. The molecule has 2 aliphatic rings. The number of carbonyl (C=O) groups is 2. The van der Waals surface area contributed by atoms with E-state index in [1.807, 2.05) is 35.2 Å². The monoisotopic (exact) mass is 301 g/mol. The van der Waals surface area contributed by atoms with Crippen molar-refractivity contribution in [2.45, 2.75) is 25.6 Å². The van der Waals surface area contributed by atoms with Gasteiger partial charge in [0.05, 0.1) is 24.9 Å². The Labute approximate surface area is 129 Å². The molecule has 1 aromatic carbocycles. The summed E-state index contributed by atoms with van der Waals surface area (Å²) in [6, 6.07) is 9.12. The number of nitrogens with one attached hydrogen (secondary N) is 2. The highest BCUT2D eigenvalue weighted by molar-refractivity contribution is 5.95. The Morgan fingerprint density at radius 2 is 2.14 bits per heavy atom. The molecule has 1 amide bonds. The molecule has 0 bridgehead atoms. The molecular formula is C16H19N3O3. The Morgan fingerprint density at radius 1 is 1.36 bits per heavy atom. The molecule has 22 heavy (non-hydrogen) atoms. The number of esters is 1. The smallest absolute Gasteiger partial charge is 0.337 e. The van der Waals surface area contributed by atoms with Gasteiger partial charge in [-0.05, 0) is 12.5 Å². The van der Waals surface area contributed by atoms with E-state index in [1.54, 1.807) is 13.1 Å². The molecule has 2 unspecified atom stereocenters. The molecule has 1 saturated heterocycles. The lowest BCUT2D eigenvalue weighted by molar-refractivity contribution is -0.139.